The number of alkyl halides is 1. The van der Waals surface area contributed by atoms with Gasteiger partial charge in [-0.05, 0) is 57.1 Å². The van der Waals surface area contributed by atoms with E-state index >= 15 is 4.39 Å². The lowest BCUT2D eigenvalue weighted by molar-refractivity contribution is -0.121. The summed E-state index contributed by atoms with van der Waals surface area (Å²) in [6, 6.07) is 9.28. The number of allylic oxidation sites excluding steroid dienone is 10. The first-order valence-corrected chi connectivity index (χ1v) is 19.3. The van der Waals surface area contributed by atoms with Crippen molar-refractivity contribution in [1.29, 1.82) is 0 Å². The van der Waals surface area contributed by atoms with E-state index in [1.807, 2.05) is 4.98 Å². The Morgan fingerprint density at radius 3 is 2.27 bits per heavy atom. The van der Waals surface area contributed by atoms with Crippen LogP contribution in [-0.4, -0.2) is 57.6 Å². The number of halogens is 1. The smallest absolute Gasteiger partial charge is 0.413 e. The lowest BCUT2D eigenvalue weighted by Gasteiger charge is -2.24. The van der Waals surface area contributed by atoms with Gasteiger partial charge in [-0.1, -0.05) is 85.9 Å². The van der Waals surface area contributed by atoms with Crippen LogP contribution in [-0.2, 0) is 18.6 Å². The lowest BCUT2D eigenvalue weighted by Crippen LogP contribution is -2.36. The number of carbonyl (C=O) groups is 1. The van der Waals surface area contributed by atoms with Crippen LogP contribution in [0.2, 0.25) is 0 Å². The molecule has 1 saturated heterocycles. The summed E-state index contributed by atoms with van der Waals surface area (Å²) in [6.07, 6.45) is 25.8. The van der Waals surface area contributed by atoms with E-state index in [0.29, 0.717) is 12.8 Å². The fourth-order valence-corrected chi connectivity index (χ4v) is 6.93. The molecule has 2 heterocycles. The summed E-state index contributed by atoms with van der Waals surface area (Å²) in [5.41, 5.74) is -5.90. The molecule has 12 nitrogen and oxygen atoms in total. The summed E-state index contributed by atoms with van der Waals surface area (Å²) < 4.78 is 47.2. The van der Waals surface area contributed by atoms with E-state index in [1.54, 1.807) is 30.3 Å². The third-order valence-electron chi connectivity index (χ3n) is 8.49. The number of unbranched alkanes of at least 4 members (excludes halogenated alkanes) is 1. The van der Waals surface area contributed by atoms with Gasteiger partial charge in [0.05, 0.1) is 6.61 Å². The van der Waals surface area contributed by atoms with Crippen molar-refractivity contribution >= 4 is 13.7 Å². The molecule has 1 aromatic heterocycles. The zero-order chi connectivity index (χ0) is 37.3. The fourth-order valence-electron chi connectivity index (χ4n) is 5.60. The Balaban J connectivity index is 1.15. The number of fused-ring (bicyclic) bond motifs is 1. The number of aliphatic hydroxyl groups is 1. The highest BCUT2D eigenvalue weighted by atomic mass is 31.2. The van der Waals surface area contributed by atoms with Gasteiger partial charge in [-0.25, -0.2) is 18.8 Å². The number of para-hydroxylation sites is 1. The van der Waals surface area contributed by atoms with Crippen molar-refractivity contribution < 1.29 is 32.6 Å². The van der Waals surface area contributed by atoms with Crippen LogP contribution >= 0.6 is 7.75 Å². The molecule has 14 heteroatoms. The molecule has 4 N–H and O–H groups in total. The number of hydrogen-bond acceptors (Lipinski definition) is 8. The molecule has 282 valence electrons. The minimum Gasteiger partial charge on any atom is -0.413 e. The first kappa shape index (κ1) is 40.6. The number of ether oxygens (including phenoxy) is 1. The van der Waals surface area contributed by atoms with E-state index in [2.05, 4.69) is 78.1 Å². The predicted molar refractivity (Wildman–Crippen MR) is 199 cm³/mol. The molecule has 0 radical (unpaired) electrons. The van der Waals surface area contributed by atoms with Crippen molar-refractivity contribution in [2.45, 2.75) is 88.3 Å². The van der Waals surface area contributed by atoms with Crippen molar-refractivity contribution in [3.63, 3.8) is 0 Å². The van der Waals surface area contributed by atoms with E-state index in [9.17, 15) is 24.1 Å². The van der Waals surface area contributed by atoms with Crippen molar-refractivity contribution in [2.24, 2.45) is 0 Å². The Hall–Kier alpha value is -4.13. The molecular formula is C38H50FN4O8P. The predicted octanol–water partition coefficient (Wildman–Crippen LogP) is 6.11. The van der Waals surface area contributed by atoms with Gasteiger partial charge in [-0.2, -0.15) is 0 Å². The van der Waals surface area contributed by atoms with Crippen molar-refractivity contribution in [3.05, 3.63) is 124 Å². The maximum Gasteiger partial charge on any atom is 0.458 e. The van der Waals surface area contributed by atoms with E-state index in [1.165, 1.54) is 0 Å². The summed E-state index contributed by atoms with van der Waals surface area (Å²) >= 11 is 0. The van der Waals surface area contributed by atoms with Gasteiger partial charge in [-0.15, -0.1) is 0 Å². The first-order valence-electron chi connectivity index (χ1n) is 17.7. The number of aromatic nitrogens is 2. The SMILES string of the molecule is CC/C=C\C/C=C\C/C=C\C/C=C\C/C=C\CCCC(=O)NCCNP(=O)(OC[C@H]1OC(n2ccc(=O)[nH]c2=O)[C@@]2(F)C[C@@]12O)Oc1ccccc1. The number of benzene rings is 1. The molecule has 0 spiro atoms. The van der Waals surface area contributed by atoms with Crippen LogP contribution in [0.15, 0.2) is 113 Å². The number of H-pyrrole nitrogens is 1. The average molecular weight is 741 g/mol. The largest absolute Gasteiger partial charge is 0.458 e. The maximum atomic E-state index is 15.7. The van der Waals surface area contributed by atoms with Crippen molar-refractivity contribution in [2.75, 3.05) is 19.7 Å². The Bertz CT molecular complexity index is 1760. The highest BCUT2D eigenvalue weighted by Gasteiger charge is 2.82. The Labute approximate surface area is 303 Å². The quantitative estimate of drug-likeness (QED) is 0.0599. The molecule has 2 aliphatic rings. The normalized spacial score (nSPS) is 24.0. The summed E-state index contributed by atoms with van der Waals surface area (Å²) in [5.74, 6) is 0.0689. The van der Waals surface area contributed by atoms with E-state index in [4.69, 9.17) is 13.8 Å². The summed E-state index contributed by atoms with van der Waals surface area (Å²) in [5, 5.41) is 16.4. The second-order valence-corrected chi connectivity index (χ2v) is 14.3. The van der Waals surface area contributed by atoms with Crippen LogP contribution in [0.25, 0.3) is 0 Å². The monoisotopic (exact) mass is 740 g/mol. The van der Waals surface area contributed by atoms with Gasteiger partial charge in [0.25, 0.3) is 5.56 Å². The molecule has 1 aliphatic heterocycles. The van der Waals surface area contributed by atoms with Gasteiger partial charge in [0.15, 0.2) is 11.9 Å². The Morgan fingerprint density at radius 1 is 1.00 bits per heavy atom. The molecule has 52 heavy (non-hydrogen) atoms. The minimum absolute atomic E-state index is 0.0167. The summed E-state index contributed by atoms with van der Waals surface area (Å²) in [7, 11) is -4.13. The number of nitrogens with zero attached hydrogens (tertiary/aromatic N) is 1. The second kappa shape index (κ2) is 20.2. The number of rotatable bonds is 23. The van der Waals surface area contributed by atoms with Crippen LogP contribution in [0, 0.1) is 0 Å². The molecule has 4 rings (SSSR count). The zero-order valence-electron chi connectivity index (χ0n) is 29.5. The molecular weight excluding hydrogens is 690 g/mol. The van der Waals surface area contributed by atoms with Gasteiger partial charge < -0.3 is 19.7 Å². The standard InChI is InChI=1S/C38H50FN4O8P/c1-2-3-4-5-6-7-8-9-10-11-12-13-14-15-16-17-21-24-33(44)40-26-27-41-52(48,51-31-22-19-18-20-23-31)49-29-32-38(47)30-37(38,39)35(50-32)43-28-25-34(45)42-36(43)46/h3-4,6-7,9-10,12-13,15-16,18-20,22-23,25,28,32,35,47H,2,5,8,11,14,17,21,24,26-27,29-30H2,1H3,(H,40,44)(H,41,48)(H,42,45,46)/b4-3-,7-6-,10-9-,13-12-,16-15-/t32-,35?,37+,38-,52?/m1/s1. The third kappa shape index (κ3) is 12.0. The number of hydrogen-bond donors (Lipinski definition) is 4. The van der Waals surface area contributed by atoms with Crippen LogP contribution in [0.1, 0.15) is 70.9 Å². The van der Waals surface area contributed by atoms with Crippen molar-refractivity contribution in [1.82, 2.24) is 20.0 Å². The Kier molecular flexibility index (Phi) is 15.8. The van der Waals surface area contributed by atoms with Crippen LogP contribution in [0.4, 0.5) is 4.39 Å². The van der Waals surface area contributed by atoms with Crippen molar-refractivity contribution in [3.8, 4) is 5.75 Å². The molecule has 1 aromatic carbocycles. The third-order valence-corrected chi connectivity index (χ3v) is 10.0. The molecule has 1 amide bonds. The van der Waals surface area contributed by atoms with Crippen LogP contribution in [0.3, 0.4) is 0 Å². The molecule has 2 unspecified atom stereocenters. The summed E-state index contributed by atoms with van der Waals surface area (Å²) in [6.45, 7) is 1.72. The minimum atomic E-state index is -4.13. The second-order valence-electron chi connectivity index (χ2n) is 12.5. The van der Waals surface area contributed by atoms with Gasteiger partial charge in [0, 0.05) is 38.2 Å². The highest BCUT2D eigenvalue weighted by molar-refractivity contribution is 7.52. The number of nitrogens with one attached hydrogen (secondary N) is 3. The lowest BCUT2D eigenvalue weighted by atomic mass is 10.1. The molecule has 2 fully saturated rings. The average Bonchev–Trinajstić information content (AvgIpc) is 3.63. The number of carbonyl (C=O) groups excluding carboxylic acids is 1. The van der Waals surface area contributed by atoms with E-state index in [-0.39, 0.29) is 31.2 Å². The molecule has 2 aromatic rings. The van der Waals surface area contributed by atoms with Crippen LogP contribution in [0.5, 0.6) is 5.75 Å². The number of aromatic amines is 1. The van der Waals surface area contributed by atoms with Gasteiger partial charge in [0.2, 0.25) is 5.91 Å². The van der Waals surface area contributed by atoms with Crippen LogP contribution < -0.4 is 26.2 Å². The first-order chi connectivity index (χ1) is 25.1. The van der Waals surface area contributed by atoms with E-state index < -0.39 is 49.2 Å². The highest BCUT2D eigenvalue weighted by Crippen LogP contribution is 2.66. The number of amides is 1. The topological polar surface area (TPSA) is 161 Å². The molecule has 0 bridgehead atoms. The van der Waals surface area contributed by atoms with Gasteiger partial charge in [0.1, 0.15) is 17.5 Å². The Morgan fingerprint density at radius 2 is 1.63 bits per heavy atom. The maximum absolute atomic E-state index is 15.7. The molecule has 1 aliphatic carbocycles. The molecule has 5 atom stereocenters. The summed E-state index contributed by atoms with van der Waals surface area (Å²) in [4.78, 5) is 38.2. The van der Waals surface area contributed by atoms with Gasteiger partial charge in [-0.3, -0.25) is 23.7 Å². The fraction of sp³-hybridized carbons (Fsp3) is 0.447. The van der Waals surface area contributed by atoms with Gasteiger partial charge >= 0.3 is 13.4 Å². The molecule has 1 saturated carbocycles. The van der Waals surface area contributed by atoms with E-state index in [0.717, 1.165) is 55.4 Å². The zero-order valence-corrected chi connectivity index (χ0v) is 30.4.